The van der Waals surface area contributed by atoms with Crippen LogP contribution in [0.3, 0.4) is 0 Å². The lowest BCUT2D eigenvalue weighted by Gasteiger charge is -2.18. The quantitative estimate of drug-likeness (QED) is 0.0262. The fourth-order valence-corrected chi connectivity index (χ4v) is 6.63. The van der Waals surface area contributed by atoms with Crippen molar-refractivity contribution in [2.24, 2.45) is 0 Å². The minimum absolute atomic E-state index is 0.113. The first kappa shape index (κ1) is 60.8. The van der Waals surface area contributed by atoms with Crippen LogP contribution in [-0.4, -0.2) is 37.2 Å². The van der Waals surface area contributed by atoms with E-state index in [1.165, 1.54) is 51.4 Å². The molecule has 0 radical (unpaired) electrons. The molecule has 6 nitrogen and oxygen atoms in total. The summed E-state index contributed by atoms with van der Waals surface area (Å²) < 4.78 is 16.7. The molecule has 0 fully saturated rings. The van der Waals surface area contributed by atoms with Crippen LogP contribution in [0.1, 0.15) is 213 Å². The number of ether oxygens (including phenoxy) is 3. The number of hydrogen-bond donors (Lipinski definition) is 0. The predicted octanol–water partition coefficient (Wildman–Crippen LogP) is 17.3. The molecule has 366 valence electrons. The van der Waals surface area contributed by atoms with E-state index in [2.05, 4.69) is 130 Å². The van der Waals surface area contributed by atoms with Gasteiger partial charge in [0.2, 0.25) is 0 Å². The van der Waals surface area contributed by atoms with Crippen molar-refractivity contribution in [1.29, 1.82) is 0 Å². The molecule has 0 heterocycles. The average Bonchev–Trinajstić information content (AvgIpc) is 3.30. The number of rotatable bonds is 45. The minimum Gasteiger partial charge on any atom is -0.462 e. The number of carbonyl (C=O) groups excluding carboxylic acids is 3. The second-order valence-corrected chi connectivity index (χ2v) is 16.7. The zero-order valence-electron chi connectivity index (χ0n) is 41.7. The van der Waals surface area contributed by atoms with Crippen LogP contribution in [-0.2, 0) is 28.6 Å². The van der Waals surface area contributed by atoms with Gasteiger partial charge in [-0.3, -0.25) is 14.4 Å². The first-order valence-corrected chi connectivity index (χ1v) is 26.0. The van der Waals surface area contributed by atoms with E-state index in [4.69, 9.17) is 14.2 Å². The van der Waals surface area contributed by atoms with Crippen molar-refractivity contribution >= 4 is 17.9 Å². The maximum absolute atomic E-state index is 12.8. The third-order valence-electron chi connectivity index (χ3n) is 10.5. The Labute approximate surface area is 399 Å². The van der Waals surface area contributed by atoms with Crippen molar-refractivity contribution in [2.75, 3.05) is 13.2 Å². The highest BCUT2D eigenvalue weighted by molar-refractivity contribution is 5.71. The van der Waals surface area contributed by atoms with Crippen LogP contribution < -0.4 is 0 Å². The van der Waals surface area contributed by atoms with Crippen molar-refractivity contribution in [2.45, 2.75) is 219 Å². The second kappa shape index (κ2) is 52.4. The standard InChI is InChI=1S/C59H94O6/c1-4-7-10-13-16-19-22-24-26-28-29-31-32-34-37-40-43-46-49-52-58(61)64-55-56(54-63-57(60)51-48-45-42-39-36-21-18-15-12-9-6-3)65-59(62)53-50-47-44-41-38-35-33-30-27-25-23-20-17-14-11-8-5-2/h7-8,10-11,16-17,19-20,24-27,29,31,33-35,37,43,46,56H,4-6,9,12-15,18,21-23,28,30,32,36,38-42,44-45,47-55H2,1-3H3/b10-7-,11-8-,19-16-,20-17-,26-24-,27-25-,31-29-,35-33-,37-34-,46-43-/t56-/m0/s1. The fraction of sp³-hybridized carbons (Fsp3) is 0.610. The van der Waals surface area contributed by atoms with Gasteiger partial charge in [-0.15, -0.1) is 0 Å². The molecule has 0 rings (SSSR count). The summed E-state index contributed by atoms with van der Waals surface area (Å²) in [5.41, 5.74) is 0. The molecule has 0 saturated heterocycles. The van der Waals surface area contributed by atoms with E-state index in [1.807, 2.05) is 12.2 Å². The van der Waals surface area contributed by atoms with Gasteiger partial charge in [0.25, 0.3) is 0 Å². The average molecular weight is 899 g/mol. The molecule has 0 amide bonds. The number of hydrogen-bond acceptors (Lipinski definition) is 6. The second-order valence-electron chi connectivity index (χ2n) is 16.7. The molecular weight excluding hydrogens is 805 g/mol. The van der Waals surface area contributed by atoms with E-state index < -0.39 is 6.10 Å². The number of allylic oxidation sites excluding steroid dienone is 20. The van der Waals surface area contributed by atoms with Gasteiger partial charge < -0.3 is 14.2 Å². The zero-order chi connectivity index (χ0) is 47.2. The summed E-state index contributed by atoms with van der Waals surface area (Å²) in [5, 5.41) is 0. The van der Waals surface area contributed by atoms with E-state index in [-0.39, 0.29) is 44.0 Å². The number of esters is 3. The van der Waals surface area contributed by atoms with Crippen molar-refractivity contribution in [3.63, 3.8) is 0 Å². The van der Waals surface area contributed by atoms with E-state index >= 15 is 0 Å². The molecule has 0 unspecified atom stereocenters. The van der Waals surface area contributed by atoms with Gasteiger partial charge in [-0.05, 0) is 96.3 Å². The van der Waals surface area contributed by atoms with E-state index in [0.29, 0.717) is 12.8 Å². The molecule has 65 heavy (non-hydrogen) atoms. The largest absolute Gasteiger partial charge is 0.462 e. The predicted molar refractivity (Wildman–Crippen MR) is 279 cm³/mol. The highest BCUT2D eigenvalue weighted by Gasteiger charge is 2.19. The van der Waals surface area contributed by atoms with Crippen LogP contribution in [0.2, 0.25) is 0 Å². The fourth-order valence-electron chi connectivity index (χ4n) is 6.63. The summed E-state index contributed by atoms with van der Waals surface area (Å²) in [5.74, 6) is -1.03. The summed E-state index contributed by atoms with van der Waals surface area (Å²) in [6, 6.07) is 0. The van der Waals surface area contributed by atoms with Gasteiger partial charge >= 0.3 is 17.9 Å². The van der Waals surface area contributed by atoms with Crippen LogP contribution >= 0.6 is 0 Å². The van der Waals surface area contributed by atoms with Gasteiger partial charge in [-0.1, -0.05) is 219 Å². The van der Waals surface area contributed by atoms with E-state index in [9.17, 15) is 14.4 Å². The molecule has 0 bridgehead atoms. The minimum atomic E-state index is -0.822. The molecule has 0 N–H and O–H groups in total. The number of carbonyl (C=O) groups is 3. The van der Waals surface area contributed by atoms with Gasteiger partial charge in [0.05, 0.1) is 0 Å². The Bertz CT molecular complexity index is 1400. The summed E-state index contributed by atoms with van der Waals surface area (Å²) in [4.78, 5) is 37.9. The zero-order valence-corrected chi connectivity index (χ0v) is 41.7. The van der Waals surface area contributed by atoms with Gasteiger partial charge in [0.15, 0.2) is 6.10 Å². The lowest BCUT2D eigenvalue weighted by atomic mass is 10.1. The summed E-state index contributed by atoms with van der Waals surface area (Å²) in [7, 11) is 0. The highest BCUT2D eigenvalue weighted by Crippen LogP contribution is 2.13. The Morgan fingerprint density at radius 1 is 0.323 bits per heavy atom. The Balaban J connectivity index is 4.55. The van der Waals surface area contributed by atoms with Crippen LogP contribution in [0.5, 0.6) is 0 Å². The SMILES string of the molecule is CC/C=C\C/C=C\C/C=C\C/C=C\C/C=C\C/C=C\CCC(=O)OC[C@H](COC(=O)CCCCCCCCCCCCC)OC(=O)CCCCCC/C=C\C/C=C\C/C=C\C/C=C\CC. The lowest BCUT2D eigenvalue weighted by Crippen LogP contribution is -2.30. The van der Waals surface area contributed by atoms with Crippen molar-refractivity contribution < 1.29 is 28.6 Å². The third kappa shape index (κ3) is 50.7. The topological polar surface area (TPSA) is 78.9 Å². The lowest BCUT2D eigenvalue weighted by molar-refractivity contribution is -0.166. The maximum atomic E-state index is 12.8. The van der Waals surface area contributed by atoms with Crippen LogP contribution in [0.25, 0.3) is 0 Å². The number of unbranched alkanes of at least 4 members (excludes halogenated alkanes) is 14. The maximum Gasteiger partial charge on any atom is 0.306 e. The molecule has 6 heteroatoms. The van der Waals surface area contributed by atoms with Crippen molar-refractivity contribution in [1.82, 2.24) is 0 Å². The Morgan fingerprint density at radius 2 is 0.631 bits per heavy atom. The van der Waals surface area contributed by atoms with Crippen molar-refractivity contribution in [3.05, 3.63) is 122 Å². The normalized spacial score (nSPS) is 13.1. The molecule has 1 atom stereocenters. The Morgan fingerprint density at radius 3 is 1.03 bits per heavy atom. The monoisotopic (exact) mass is 899 g/mol. The smallest absolute Gasteiger partial charge is 0.306 e. The van der Waals surface area contributed by atoms with Gasteiger partial charge in [-0.2, -0.15) is 0 Å². The van der Waals surface area contributed by atoms with Crippen LogP contribution in [0.15, 0.2) is 122 Å². The molecule has 0 aliphatic carbocycles. The Hall–Kier alpha value is -4.19. The van der Waals surface area contributed by atoms with E-state index in [0.717, 1.165) is 116 Å². The molecule has 0 aliphatic heterocycles. The van der Waals surface area contributed by atoms with E-state index in [1.54, 1.807) is 0 Å². The summed E-state index contributed by atoms with van der Waals surface area (Å²) in [6.07, 6.45) is 71.9. The molecule has 0 saturated carbocycles. The first-order valence-electron chi connectivity index (χ1n) is 26.0. The Kier molecular flexibility index (Phi) is 49.1. The third-order valence-corrected chi connectivity index (χ3v) is 10.5. The van der Waals surface area contributed by atoms with Gasteiger partial charge in [-0.25, -0.2) is 0 Å². The molecule has 0 aromatic rings. The molecule has 0 aliphatic rings. The molecule has 0 aromatic carbocycles. The summed E-state index contributed by atoms with van der Waals surface area (Å²) >= 11 is 0. The van der Waals surface area contributed by atoms with Crippen LogP contribution in [0.4, 0.5) is 0 Å². The van der Waals surface area contributed by atoms with Crippen LogP contribution in [0, 0.1) is 0 Å². The highest BCUT2D eigenvalue weighted by atomic mass is 16.6. The molecule has 0 spiro atoms. The first-order chi connectivity index (χ1) is 32.0. The molecule has 0 aromatic heterocycles. The van der Waals surface area contributed by atoms with Crippen molar-refractivity contribution in [3.8, 4) is 0 Å². The van der Waals surface area contributed by atoms with Gasteiger partial charge in [0, 0.05) is 19.3 Å². The van der Waals surface area contributed by atoms with Gasteiger partial charge in [0.1, 0.15) is 13.2 Å². The molecular formula is C59H94O6. The summed E-state index contributed by atoms with van der Waals surface area (Å²) in [6.45, 7) is 6.30.